The number of nitrogens with two attached hydrogens (primary N) is 1. The second kappa shape index (κ2) is 6.69. The highest BCUT2D eigenvalue weighted by molar-refractivity contribution is 5.10. The second-order valence-corrected chi connectivity index (χ2v) is 4.55. The molecule has 0 fully saturated rings. The molecule has 92 valence electrons. The summed E-state index contributed by atoms with van der Waals surface area (Å²) in [5.74, 6) is 0. The van der Waals surface area contributed by atoms with Gasteiger partial charge in [-0.3, -0.25) is 4.68 Å². The Kier molecular flexibility index (Phi) is 5.53. The van der Waals surface area contributed by atoms with E-state index in [-0.39, 0.29) is 6.04 Å². The Morgan fingerprint density at radius 2 is 2.12 bits per heavy atom. The summed E-state index contributed by atoms with van der Waals surface area (Å²) in [7, 11) is 0. The van der Waals surface area contributed by atoms with Gasteiger partial charge in [0.25, 0.3) is 0 Å². The summed E-state index contributed by atoms with van der Waals surface area (Å²) in [6.45, 7) is 7.32. The van der Waals surface area contributed by atoms with Crippen LogP contribution in [0.1, 0.15) is 50.9 Å². The minimum atomic E-state index is 0.285. The van der Waals surface area contributed by atoms with Crippen LogP contribution in [0.2, 0.25) is 0 Å². The quantitative estimate of drug-likeness (QED) is 0.722. The summed E-state index contributed by atoms with van der Waals surface area (Å²) in [6, 6.07) is 2.44. The van der Waals surface area contributed by atoms with Gasteiger partial charge in [0.05, 0.1) is 5.69 Å². The van der Waals surface area contributed by atoms with Gasteiger partial charge in [-0.25, -0.2) is 0 Å². The monoisotopic (exact) mass is 223 g/mol. The maximum absolute atomic E-state index is 6.14. The second-order valence-electron chi connectivity index (χ2n) is 4.55. The van der Waals surface area contributed by atoms with Crippen molar-refractivity contribution in [2.24, 2.45) is 5.73 Å². The van der Waals surface area contributed by atoms with Gasteiger partial charge in [-0.05, 0) is 26.3 Å². The van der Waals surface area contributed by atoms with E-state index in [0.29, 0.717) is 0 Å². The SMILES string of the molecule is CCCCCC(N)Cc1cc(C)nn1CC. The minimum absolute atomic E-state index is 0.285. The van der Waals surface area contributed by atoms with E-state index >= 15 is 0 Å². The zero-order valence-electron chi connectivity index (χ0n) is 10.9. The lowest BCUT2D eigenvalue weighted by molar-refractivity contribution is 0.527. The zero-order chi connectivity index (χ0) is 12.0. The molecule has 1 aromatic heterocycles. The smallest absolute Gasteiger partial charge is 0.0596 e. The van der Waals surface area contributed by atoms with Crippen molar-refractivity contribution in [2.75, 3.05) is 0 Å². The van der Waals surface area contributed by atoms with Crippen LogP contribution in [0.4, 0.5) is 0 Å². The van der Waals surface area contributed by atoms with Gasteiger partial charge in [0.15, 0.2) is 0 Å². The fourth-order valence-electron chi connectivity index (χ4n) is 2.06. The maximum atomic E-state index is 6.14. The first-order chi connectivity index (χ1) is 7.67. The van der Waals surface area contributed by atoms with E-state index in [0.717, 1.165) is 25.1 Å². The van der Waals surface area contributed by atoms with Crippen molar-refractivity contribution in [2.45, 2.75) is 65.5 Å². The topological polar surface area (TPSA) is 43.8 Å². The van der Waals surface area contributed by atoms with E-state index in [1.807, 2.05) is 6.92 Å². The van der Waals surface area contributed by atoms with Crippen molar-refractivity contribution < 1.29 is 0 Å². The third kappa shape index (κ3) is 3.97. The van der Waals surface area contributed by atoms with Crippen LogP contribution in [0.3, 0.4) is 0 Å². The summed E-state index contributed by atoms with van der Waals surface area (Å²) < 4.78 is 2.06. The van der Waals surface area contributed by atoms with Gasteiger partial charge in [-0.1, -0.05) is 26.2 Å². The molecule has 0 bridgehead atoms. The van der Waals surface area contributed by atoms with Crippen LogP contribution in [0.5, 0.6) is 0 Å². The number of hydrogen-bond donors (Lipinski definition) is 1. The van der Waals surface area contributed by atoms with Crippen molar-refractivity contribution in [1.29, 1.82) is 0 Å². The first-order valence-corrected chi connectivity index (χ1v) is 6.46. The molecule has 16 heavy (non-hydrogen) atoms. The Labute approximate surface area is 99.0 Å². The molecule has 1 heterocycles. The molecule has 0 aliphatic rings. The third-order valence-electron chi connectivity index (χ3n) is 2.93. The van der Waals surface area contributed by atoms with Gasteiger partial charge < -0.3 is 5.73 Å². The summed E-state index contributed by atoms with van der Waals surface area (Å²) in [4.78, 5) is 0. The van der Waals surface area contributed by atoms with E-state index in [4.69, 9.17) is 5.73 Å². The Balaban J connectivity index is 2.45. The van der Waals surface area contributed by atoms with E-state index in [1.54, 1.807) is 0 Å². The molecule has 1 rings (SSSR count). The zero-order valence-corrected chi connectivity index (χ0v) is 10.9. The highest BCUT2D eigenvalue weighted by Gasteiger charge is 2.09. The van der Waals surface area contributed by atoms with Crippen molar-refractivity contribution in [3.63, 3.8) is 0 Å². The molecule has 1 atom stereocenters. The van der Waals surface area contributed by atoms with Crippen LogP contribution in [0.25, 0.3) is 0 Å². The van der Waals surface area contributed by atoms with Crippen LogP contribution >= 0.6 is 0 Å². The molecule has 3 nitrogen and oxygen atoms in total. The molecule has 0 spiro atoms. The number of rotatable bonds is 7. The van der Waals surface area contributed by atoms with E-state index < -0.39 is 0 Å². The van der Waals surface area contributed by atoms with Crippen LogP contribution in [0.15, 0.2) is 6.07 Å². The highest BCUT2D eigenvalue weighted by Crippen LogP contribution is 2.10. The first-order valence-electron chi connectivity index (χ1n) is 6.46. The predicted octanol–water partition coefficient (Wildman–Crippen LogP) is 2.66. The largest absolute Gasteiger partial charge is 0.327 e. The molecule has 0 aliphatic carbocycles. The standard InChI is InChI=1S/C13H25N3/c1-4-6-7-8-12(14)10-13-9-11(3)15-16(13)5-2/h9,12H,4-8,10,14H2,1-3H3. The highest BCUT2D eigenvalue weighted by atomic mass is 15.3. The summed E-state index contributed by atoms with van der Waals surface area (Å²) in [6.07, 6.45) is 5.88. The van der Waals surface area contributed by atoms with Gasteiger partial charge in [-0.15, -0.1) is 0 Å². The number of nitrogens with zero attached hydrogens (tertiary/aromatic N) is 2. The number of hydrogen-bond acceptors (Lipinski definition) is 2. The molecule has 0 aliphatic heterocycles. The Morgan fingerprint density at radius 1 is 1.38 bits per heavy atom. The van der Waals surface area contributed by atoms with Gasteiger partial charge in [0.1, 0.15) is 0 Å². The minimum Gasteiger partial charge on any atom is -0.327 e. The molecule has 2 N–H and O–H groups in total. The maximum Gasteiger partial charge on any atom is 0.0596 e. The van der Waals surface area contributed by atoms with Crippen LogP contribution in [-0.4, -0.2) is 15.8 Å². The molecule has 0 saturated carbocycles. The van der Waals surface area contributed by atoms with Crippen molar-refractivity contribution in [1.82, 2.24) is 9.78 Å². The van der Waals surface area contributed by atoms with Crippen molar-refractivity contribution >= 4 is 0 Å². The fraction of sp³-hybridized carbons (Fsp3) is 0.769. The molecule has 1 unspecified atom stereocenters. The van der Waals surface area contributed by atoms with Crippen molar-refractivity contribution in [3.05, 3.63) is 17.5 Å². The van der Waals surface area contributed by atoms with Gasteiger partial charge >= 0.3 is 0 Å². The number of unbranched alkanes of at least 4 members (excludes halogenated alkanes) is 2. The van der Waals surface area contributed by atoms with E-state index in [1.165, 1.54) is 25.0 Å². The fourth-order valence-corrected chi connectivity index (χ4v) is 2.06. The lowest BCUT2D eigenvalue weighted by atomic mass is 10.0. The number of aryl methyl sites for hydroxylation is 2. The first kappa shape index (κ1) is 13.2. The summed E-state index contributed by atoms with van der Waals surface area (Å²) in [5, 5.41) is 4.44. The Hall–Kier alpha value is -0.830. The van der Waals surface area contributed by atoms with Gasteiger partial charge in [-0.2, -0.15) is 5.10 Å². The molecule has 3 heteroatoms. The molecule has 1 aromatic rings. The Morgan fingerprint density at radius 3 is 2.75 bits per heavy atom. The molecule has 0 amide bonds. The van der Waals surface area contributed by atoms with Crippen LogP contribution < -0.4 is 5.73 Å². The molecule has 0 aromatic carbocycles. The molecule has 0 radical (unpaired) electrons. The molecular formula is C13H25N3. The van der Waals surface area contributed by atoms with Gasteiger partial charge in [0, 0.05) is 24.7 Å². The summed E-state index contributed by atoms with van der Waals surface area (Å²) in [5.41, 5.74) is 8.51. The van der Waals surface area contributed by atoms with Gasteiger partial charge in [0.2, 0.25) is 0 Å². The predicted molar refractivity (Wildman–Crippen MR) is 68.5 cm³/mol. The third-order valence-corrected chi connectivity index (χ3v) is 2.93. The van der Waals surface area contributed by atoms with E-state index in [9.17, 15) is 0 Å². The molecule has 0 saturated heterocycles. The summed E-state index contributed by atoms with van der Waals surface area (Å²) >= 11 is 0. The lowest BCUT2D eigenvalue weighted by Crippen LogP contribution is -2.24. The van der Waals surface area contributed by atoms with Crippen molar-refractivity contribution in [3.8, 4) is 0 Å². The normalized spacial score (nSPS) is 13.0. The number of aromatic nitrogens is 2. The van der Waals surface area contributed by atoms with Crippen LogP contribution in [0, 0.1) is 6.92 Å². The lowest BCUT2D eigenvalue weighted by Gasteiger charge is -2.12. The Bertz CT molecular complexity index is 304. The molecular weight excluding hydrogens is 198 g/mol. The average molecular weight is 223 g/mol. The van der Waals surface area contributed by atoms with E-state index in [2.05, 4.69) is 29.7 Å². The van der Waals surface area contributed by atoms with Crippen LogP contribution in [-0.2, 0) is 13.0 Å². The average Bonchev–Trinajstić information content (AvgIpc) is 2.59.